The lowest BCUT2D eigenvalue weighted by Gasteiger charge is -2.12. The van der Waals surface area contributed by atoms with Gasteiger partial charge in [-0.1, -0.05) is 17.7 Å². The molecular formula is C20H19ClN4O3. The minimum Gasteiger partial charge on any atom is -0.497 e. The normalized spacial score (nSPS) is 10.3. The maximum atomic E-state index is 12.4. The van der Waals surface area contributed by atoms with E-state index >= 15 is 0 Å². The lowest BCUT2D eigenvalue weighted by atomic mass is 10.2. The van der Waals surface area contributed by atoms with E-state index in [9.17, 15) is 4.79 Å². The number of methoxy groups -OCH3 is 2. The van der Waals surface area contributed by atoms with Crippen LogP contribution >= 0.6 is 11.6 Å². The molecular weight excluding hydrogens is 380 g/mol. The van der Waals surface area contributed by atoms with Crippen molar-refractivity contribution in [3.63, 3.8) is 0 Å². The molecule has 0 saturated carbocycles. The molecule has 2 aromatic carbocycles. The molecule has 0 fully saturated rings. The fraction of sp³-hybridized carbons (Fsp3) is 0.150. The minimum absolute atomic E-state index is 0.321. The number of aryl methyl sites for hydroxylation is 1. The van der Waals surface area contributed by atoms with Crippen LogP contribution in [0.2, 0.25) is 5.02 Å². The van der Waals surface area contributed by atoms with Gasteiger partial charge in [0.15, 0.2) is 0 Å². The number of amides is 1. The van der Waals surface area contributed by atoms with Gasteiger partial charge in [-0.15, -0.1) is 0 Å². The van der Waals surface area contributed by atoms with Gasteiger partial charge in [0.25, 0.3) is 5.91 Å². The number of rotatable bonds is 6. The molecule has 1 heterocycles. The summed E-state index contributed by atoms with van der Waals surface area (Å²) in [6.07, 6.45) is 2.88. The summed E-state index contributed by atoms with van der Waals surface area (Å²) >= 11 is 5.99. The van der Waals surface area contributed by atoms with Gasteiger partial charge in [-0.3, -0.25) is 4.79 Å². The van der Waals surface area contributed by atoms with Gasteiger partial charge in [0.2, 0.25) is 5.95 Å². The smallest absolute Gasteiger partial charge is 0.258 e. The zero-order valence-electron chi connectivity index (χ0n) is 15.6. The number of halogens is 1. The van der Waals surface area contributed by atoms with E-state index in [4.69, 9.17) is 21.1 Å². The first-order valence-electron chi connectivity index (χ1n) is 8.38. The highest BCUT2D eigenvalue weighted by Gasteiger charge is 2.11. The fourth-order valence-corrected chi connectivity index (χ4v) is 2.64. The number of ether oxygens (including phenoxy) is 2. The average Bonchev–Trinajstić information content (AvgIpc) is 2.71. The van der Waals surface area contributed by atoms with E-state index in [1.807, 2.05) is 13.0 Å². The van der Waals surface area contributed by atoms with Crippen molar-refractivity contribution in [3.05, 3.63) is 64.9 Å². The number of nitrogens with zero attached hydrogens (tertiary/aromatic N) is 2. The van der Waals surface area contributed by atoms with E-state index in [0.717, 1.165) is 5.56 Å². The van der Waals surface area contributed by atoms with Crippen molar-refractivity contribution in [3.8, 4) is 11.5 Å². The number of carbonyl (C=O) groups is 1. The Bertz CT molecular complexity index is 993. The Kier molecular flexibility index (Phi) is 5.96. The molecule has 0 spiro atoms. The molecule has 0 aliphatic rings. The van der Waals surface area contributed by atoms with Crippen LogP contribution in [0.5, 0.6) is 11.5 Å². The van der Waals surface area contributed by atoms with E-state index in [0.29, 0.717) is 39.4 Å². The molecule has 0 aliphatic carbocycles. The van der Waals surface area contributed by atoms with Crippen LogP contribution < -0.4 is 20.1 Å². The standard InChI is InChI=1S/C20H19ClN4O3/c1-12-4-5-14(21)8-16(12)24-19(26)13-10-22-20(23-11-13)25-17-9-15(27-2)6-7-18(17)28-3/h4-11H,1-3H3,(H,24,26)(H,22,23,25). The molecule has 28 heavy (non-hydrogen) atoms. The monoisotopic (exact) mass is 398 g/mol. The molecule has 3 rings (SSSR count). The highest BCUT2D eigenvalue weighted by molar-refractivity contribution is 6.31. The van der Waals surface area contributed by atoms with Crippen molar-refractivity contribution in [2.75, 3.05) is 24.9 Å². The van der Waals surface area contributed by atoms with Crippen molar-refractivity contribution in [1.82, 2.24) is 9.97 Å². The number of benzene rings is 2. The summed E-state index contributed by atoms with van der Waals surface area (Å²) in [6.45, 7) is 1.89. The molecule has 144 valence electrons. The van der Waals surface area contributed by atoms with Crippen LogP contribution in [0.3, 0.4) is 0 Å². The summed E-state index contributed by atoms with van der Waals surface area (Å²) in [5.41, 5.74) is 2.51. The van der Waals surface area contributed by atoms with Crippen molar-refractivity contribution in [1.29, 1.82) is 0 Å². The third-order valence-electron chi connectivity index (χ3n) is 4.01. The average molecular weight is 399 g/mol. The van der Waals surface area contributed by atoms with Gasteiger partial charge in [-0.25, -0.2) is 9.97 Å². The van der Waals surface area contributed by atoms with Crippen molar-refractivity contribution in [2.24, 2.45) is 0 Å². The van der Waals surface area contributed by atoms with Crippen LogP contribution in [0, 0.1) is 6.92 Å². The van der Waals surface area contributed by atoms with E-state index in [1.165, 1.54) is 12.4 Å². The number of nitrogens with one attached hydrogen (secondary N) is 2. The lowest BCUT2D eigenvalue weighted by Crippen LogP contribution is -2.14. The van der Waals surface area contributed by atoms with Crippen LogP contribution in [-0.2, 0) is 0 Å². The molecule has 0 radical (unpaired) electrons. The summed E-state index contributed by atoms with van der Waals surface area (Å²) in [6, 6.07) is 10.6. The molecule has 8 heteroatoms. The zero-order chi connectivity index (χ0) is 20.1. The Labute approximate surface area is 167 Å². The van der Waals surface area contributed by atoms with Crippen molar-refractivity contribution in [2.45, 2.75) is 6.92 Å². The highest BCUT2D eigenvalue weighted by Crippen LogP contribution is 2.30. The molecule has 0 saturated heterocycles. The van der Waals surface area contributed by atoms with Gasteiger partial charge in [0.1, 0.15) is 11.5 Å². The Morgan fingerprint density at radius 2 is 1.75 bits per heavy atom. The number of anilines is 3. The molecule has 3 aromatic rings. The topological polar surface area (TPSA) is 85.4 Å². The molecule has 0 bridgehead atoms. The number of hydrogen-bond donors (Lipinski definition) is 2. The SMILES string of the molecule is COc1ccc(OC)c(Nc2ncc(C(=O)Nc3cc(Cl)ccc3C)cn2)c1. The van der Waals surface area contributed by atoms with Crippen LogP contribution in [0.15, 0.2) is 48.8 Å². The second kappa shape index (κ2) is 8.58. The Morgan fingerprint density at radius 1 is 1.00 bits per heavy atom. The maximum Gasteiger partial charge on any atom is 0.258 e. The Hall–Kier alpha value is -3.32. The molecule has 7 nitrogen and oxygen atoms in total. The molecule has 0 unspecified atom stereocenters. The van der Waals surface area contributed by atoms with Gasteiger partial charge < -0.3 is 20.1 Å². The molecule has 2 N–H and O–H groups in total. The molecule has 1 amide bonds. The number of hydrogen-bond acceptors (Lipinski definition) is 6. The van der Waals surface area contributed by atoms with Crippen LogP contribution in [-0.4, -0.2) is 30.1 Å². The number of carbonyl (C=O) groups excluding carboxylic acids is 1. The van der Waals surface area contributed by atoms with Crippen molar-refractivity contribution >= 4 is 34.8 Å². The molecule has 1 aromatic heterocycles. The van der Waals surface area contributed by atoms with Crippen LogP contribution in [0.25, 0.3) is 0 Å². The minimum atomic E-state index is -0.323. The van der Waals surface area contributed by atoms with E-state index in [2.05, 4.69) is 20.6 Å². The first kappa shape index (κ1) is 19.4. The summed E-state index contributed by atoms with van der Waals surface area (Å²) < 4.78 is 10.5. The first-order valence-corrected chi connectivity index (χ1v) is 8.76. The van der Waals surface area contributed by atoms with Crippen LogP contribution in [0.1, 0.15) is 15.9 Å². The lowest BCUT2D eigenvalue weighted by molar-refractivity contribution is 0.102. The second-order valence-corrected chi connectivity index (χ2v) is 6.34. The summed E-state index contributed by atoms with van der Waals surface area (Å²) in [5, 5.41) is 6.41. The Balaban J connectivity index is 1.75. The van der Waals surface area contributed by atoms with Gasteiger partial charge in [0, 0.05) is 29.2 Å². The largest absolute Gasteiger partial charge is 0.497 e. The Morgan fingerprint density at radius 3 is 2.43 bits per heavy atom. The third-order valence-corrected chi connectivity index (χ3v) is 4.25. The third kappa shape index (κ3) is 4.50. The van der Waals surface area contributed by atoms with Gasteiger partial charge in [-0.05, 0) is 36.8 Å². The van der Waals surface area contributed by atoms with E-state index in [1.54, 1.807) is 44.6 Å². The van der Waals surface area contributed by atoms with Crippen LogP contribution in [0.4, 0.5) is 17.3 Å². The highest BCUT2D eigenvalue weighted by atomic mass is 35.5. The quantitative estimate of drug-likeness (QED) is 0.638. The van der Waals surface area contributed by atoms with Gasteiger partial charge >= 0.3 is 0 Å². The molecule has 0 atom stereocenters. The van der Waals surface area contributed by atoms with Crippen molar-refractivity contribution < 1.29 is 14.3 Å². The fourth-order valence-electron chi connectivity index (χ4n) is 2.47. The summed E-state index contributed by atoms with van der Waals surface area (Å²) in [7, 11) is 3.15. The second-order valence-electron chi connectivity index (χ2n) is 5.90. The van der Waals surface area contributed by atoms with E-state index in [-0.39, 0.29) is 5.91 Å². The maximum absolute atomic E-state index is 12.4. The molecule has 0 aliphatic heterocycles. The predicted octanol–water partition coefficient (Wildman–Crippen LogP) is 4.45. The van der Waals surface area contributed by atoms with E-state index < -0.39 is 0 Å². The van der Waals surface area contributed by atoms with Gasteiger partial charge in [-0.2, -0.15) is 0 Å². The predicted molar refractivity (Wildman–Crippen MR) is 109 cm³/mol. The number of aromatic nitrogens is 2. The van der Waals surface area contributed by atoms with Gasteiger partial charge in [0.05, 0.1) is 25.5 Å². The summed E-state index contributed by atoms with van der Waals surface area (Å²) in [5.74, 6) is 1.27. The zero-order valence-corrected chi connectivity index (χ0v) is 16.4. The first-order chi connectivity index (χ1) is 13.5. The summed E-state index contributed by atoms with van der Waals surface area (Å²) in [4.78, 5) is 20.8.